The topological polar surface area (TPSA) is 63.7 Å². The largest absolute Gasteiger partial charge is 0.466 e. The molecule has 0 aliphatic carbocycles. The Bertz CT molecular complexity index is 586. The summed E-state index contributed by atoms with van der Waals surface area (Å²) in [6, 6.07) is 6.64. The van der Waals surface area contributed by atoms with Crippen LogP contribution in [0.5, 0.6) is 0 Å². The number of carbonyl (C=O) groups excluding carboxylic acids is 3. The first-order valence-corrected chi connectivity index (χ1v) is 9.57. The van der Waals surface area contributed by atoms with Crippen LogP contribution >= 0.6 is 11.6 Å². The number of nitrogens with zero attached hydrogens (tertiary/aromatic N) is 1. The lowest BCUT2D eigenvalue weighted by Crippen LogP contribution is -2.34. The highest BCUT2D eigenvalue weighted by Gasteiger charge is 2.17. The molecule has 1 amide bonds. The highest BCUT2D eigenvalue weighted by atomic mass is 35.5. The molecule has 0 radical (unpaired) electrons. The number of esters is 1. The summed E-state index contributed by atoms with van der Waals surface area (Å²) in [5.74, 6) is -0.500. The number of carbonyl (C=O) groups is 3. The third-order valence-corrected chi connectivity index (χ3v) is 4.26. The Labute approximate surface area is 160 Å². The second kappa shape index (κ2) is 12.5. The Balaban J connectivity index is 2.55. The Morgan fingerprint density at radius 3 is 2.27 bits per heavy atom. The molecule has 0 spiro atoms. The first-order chi connectivity index (χ1) is 12.5. The molecule has 0 saturated carbocycles. The van der Waals surface area contributed by atoms with Crippen molar-refractivity contribution in [2.75, 3.05) is 19.7 Å². The van der Waals surface area contributed by atoms with Gasteiger partial charge in [-0.25, -0.2) is 0 Å². The van der Waals surface area contributed by atoms with Gasteiger partial charge in [-0.15, -0.1) is 0 Å². The number of unbranched alkanes of at least 4 members (excludes halogenated alkanes) is 2. The summed E-state index contributed by atoms with van der Waals surface area (Å²) in [4.78, 5) is 37.9. The summed E-state index contributed by atoms with van der Waals surface area (Å²) in [5.41, 5.74) is 0.547. The number of rotatable bonds is 12. The van der Waals surface area contributed by atoms with E-state index in [2.05, 4.69) is 6.92 Å². The van der Waals surface area contributed by atoms with E-state index in [1.165, 1.54) is 0 Å². The molecule has 0 fully saturated rings. The number of hydrogen-bond donors (Lipinski definition) is 0. The van der Waals surface area contributed by atoms with Gasteiger partial charge in [0.2, 0.25) is 5.91 Å². The molecule has 6 heteroatoms. The van der Waals surface area contributed by atoms with Crippen LogP contribution in [0.25, 0.3) is 0 Å². The number of hydrogen-bond acceptors (Lipinski definition) is 4. The maximum absolute atomic E-state index is 12.5. The fourth-order valence-electron chi connectivity index (χ4n) is 2.53. The molecule has 5 nitrogen and oxygen atoms in total. The fraction of sp³-hybridized carbons (Fsp3) is 0.550. The minimum absolute atomic E-state index is 0.0890. The van der Waals surface area contributed by atoms with E-state index in [1.54, 1.807) is 36.1 Å². The lowest BCUT2D eigenvalue weighted by molar-refractivity contribution is -0.144. The van der Waals surface area contributed by atoms with Crippen molar-refractivity contribution in [3.8, 4) is 0 Å². The molecule has 1 aromatic carbocycles. The first-order valence-electron chi connectivity index (χ1n) is 9.20. The van der Waals surface area contributed by atoms with E-state index in [0.717, 1.165) is 19.3 Å². The molecule has 0 unspecified atom stereocenters. The lowest BCUT2D eigenvalue weighted by Gasteiger charge is -2.22. The molecule has 1 aromatic rings. The number of benzene rings is 1. The third-order valence-electron chi connectivity index (χ3n) is 4.01. The highest BCUT2D eigenvalue weighted by molar-refractivity contribution is 6.30. The molecule has 0 atom stereocenters. The Kier molecular flexibility index (Phi) is 10.6. The van der Waals surface area contributed by atoms with Gasteiger partial charge in [0.05, 0.1) is 13.0 Å². The van der Waals surface area contributed by atoms with Crippen LogP contribution in [0.2, 0.25) is 5.02 Å². The number of amides is 1. The smallest absolute Gasteiger partial charge is 0.307 e. The maximum atomic E-state index is 12.5. The van der Waals surface area contributed by atoms with Crippen LogP contribution in [0.15, 0.2) is 24.3 Å². The van der Waals surface area contributed by atoms with Gasteiger partial charge in [0.1, 0.15) is 0 Å². The average molecular weight is 382 g/mol. The van der Waals surface area contributed by atoms with Crippen LogP contribution in [0.4, 0.5) is 0 Å². The van der Waals surface area contributed by atoms with Gasteiger partial charge in [0.25, 0.3) is 0 Å². The van der Waals surface area contributed by atoms with E-state index in [1.807, 2.05) is 0 Å². The van der Waals surface area contributed by atoms with E-state index >= 15 is 0 Å². The Morgan fingerprint density at radius 2 is 1.65 bits per heavy atom. The van der Waals surface area contributed by atoms with E-state index in [-0.39, 0.29) is 36.9 Å². The van der Waals surface area contributed by atoms with Crippen LogP contribution in [-0.2, 0) is 14.3 Å². The normalized spacial score (nSPS) is 10.4. The standard InChI is InChI=1S/C20H28ClNO4/c1-3-5-6-14-22(15-13-20(25)26-4-2)19(24)12-11-18(23)16-7-9-17(21)10-8-16/h7-10H,3-6,11-15H2,1-2H3. The van der Waals surface area contributed by atoms with E-state index in [0.29, 0.717) is 30.3 Å². The number of Topliss-reactive ketones (excluding diaryl/α,β-unsaturated/α-hetero) is 1. The van der Waals surface area contributed by atoms with Crippen molar-refractivity contribution in [2.45, 2.75) is 52.4 Å². The van der Waals surface area contributed by atoms with Crippen LogP contribution < -0.4 is 0 Å². The van der Waals surface area contributed by atoms with Crippen LogP contribution in [0.1, 0.15) is 62.7 Å². The molecule has 26 heavy (non-hydrogen) atoms. The van der Waals surface area contributed by atoms with Gasteiger partial charge in [-0.1, -0.05) is 31.4 Å². The van der Waals surface area contributed by atoms with Gasteiger partial charge >= 0.3 is 5.97 Å². The molecule has 0 N–H and O–H groups in total. The van der Waals surface area contributed by atoms with Crippen LogP contribution in [0, 0.1) is 0 Å². The van der Waals surface area contributed by atoms with Crippen LogP contribution in [-0.4, -0.2) is 42.3 Å². The number of halogens is 1. The van der Waals surface area contributed by atoms with Gasteiger partial charge < -0.3 is 9.64 Å². The summed E-state index contributed by atoms with van der Waals surface area (Å²) >= 11 is 5.82. The highest BCUT2D eigenvalue weighted by Crippen LogP contribution is 2.13. The maximum Gasteiger partial charge on any atom is 0.307 e. The van der Waals surface area contributed by atoms with Gasteiger partial charge in [0.15, 0.2) is 5.78 Å². The van der Waals surface area contributed by atoms with Gasteiger partial charge in [0, 0.05) is 36.5 Å². The SMILES string of the molecule is CCCCCN(CCC(=O)OCC)C(=O)CCC(=O)c1ccc(Cl)cc1. The molecule has 0 bridgehead atoms. The monoisotopic (exact) mass is 381 g/mol. The molecular formula is C20H28ClNO4. The van der Waals surface area contributed by atoms with Crippen molar-refractivity contribution in [2.24, 2.45) is 0 Å². The van der Waals surface area contributed by atoms with E-state index in [9.17, 15) is 14.4 Å². The molecule has 0 aliphatic rings. The minimum Gasteiger partial charge on any atom is -0.466 e. The van der Waals surface area contributed by atoms with Gasteiger partial charge in [-0.05, 0) is 37.6 Å². The molecule has 144 valence electrons. The molecule has 0 aliphatic heterocycles. The summed E-state index contributed by atoms with van der Waals surface area (Å²) in [6.45, 7) is 5.11. The molecule has 0 saturated heterocycles. The van der Waals surface area contributed by atoms with Crippen molar-refractivity contribution < 1.29 is 19.1 Å². The summed E-state index contributed by atoms with van der Waals surface area (Å²) in [6.07, 6.45) is 3.41. The number of ketones is 1. The predicted octanol–water partition coefficient (Wildman–Crippen LogP) is 4.27. The quantitative estimate of drug-likeness (QED) is 0.308. The second-order valence-corrected chi connectivity index (χ2v) is 6.51. The molecule has 0 aromatic heterocycles. The minimum atomic E-state index is -0.307. The predicted molar refractivity (Wildman–Crippen MR) is 102 cm³/mol. The van der Waals surface area contributed by atoms with E-state index < -0.39 is 0 Å². The summed E-state index contributed by atoms with van der Waals surface area (Å²) < 4.78 is 4.92. The zero-order valence-electron chi connectivity index (χ0n) is 15.6. The Morgan fingerprint density at radius 1 is 0.962 bits per heavy atom. The van der Waals surface area contributed by atoms with Crippen molar-refractivity contribution in [1.82, 2.24) is 4.90 Å². The Hall–Kier alpha value is -1.88. The molecular weight excluding hydrogens is 354 g/mol. The third kappa shape index (κ3) is 8.48. The van der Waals surface area contributed by atoms with E-state index in [4.69, 9.17) is 16.3 Å². The lowest BCUT2D eigenvalue weighted by atomic mass is 10.1. The van der Waals surface area contributed by atoms with Crippen molar-refractivity contribution >= 4 is 29.3 Å². The average Bonchev–Trinajstić information content (AvgIpc) is 2.63. The zero-order chi connectivity index (χ0) is 19.4. The summed E-state index contributed by atoms with van der Waals surface area (Å²) in [7, 11) is 0. The first kappa shape index (κ1) is 22.2. The zero-order valence-corrected chi connectivity index (χ0v) is 16.4. The second-order valence-electron chi connectivity index (χ2n) is 6.07. The van der Waals surface area contributed by atoms with Crippen molar-refractivity contribution in [3.05, 3.63) is 34.9 Å². The van der Waals surface area contributed by atoms with Gasteiger partial charge in [-0.2, -0.15) is 0 Å². The number of ether oxygens (including phenoxy) is 1. The molecule has 1 rings (SSSR count). The van der Waals surface area contributed by atoms with Crippen molar-refractivity contribution in [1.29, 1.82) is 0 Å². The molecule has 0 heterocycles. The summed E-state index contributed by atoms with van der Waals surface area (Å²) in [5, 5.41) is 0.568. The van der Waals surface area contributed by atoms with Crippen molar-refractivity contribution in [3.63, 3.8) is 0 Å². The van der Waals surface area contributed by atoms with Crippen LogP contribution in [0.3, 0.4) is 0 Å². The van der Waals surface area contributed by atoms with Gasteiger partial charge in [-0.3, -0.25) is 14.4 Å². The fourth-order valence-corrected chi connectivity index (χ4v) is 2.66.